The summed E-state index contributed by atoms with van der Waals surface area (Å²) in [6, 6.07) is 28.2. The van der Waals surface area contributed by atoms with Gasteiger partial charge in [0, 0.05) is 29.6 Å². The summed E-state index contributed by atoms with van der Waals surface area (Å²) < 4.78 is 29.1. The van der Waals surface area contributed by atoms with Crippen LogP contribution in [0.5, 0.6) is 0 Å². The number of para-hydroxylation sites is 1. The van der Waals surface area contributed by atoms with Crippen LogP contribution in [0.3, 0.4) is 0 Å². The van der Waals surface area contributed by atoms with Gasteiger partial charge in [-0.15, -0.1) is 0 Å². The average Bonchev–Trinajstić information content (AvgIpc) is 2.99. The minimum atomic E-state index is -4.16. The van der Waals surface area contributed by atoms with Crippen molar-refractivity contribution in [3.8, 4) is 0 Å². The van der Waals surface area contributed by atoms with E-state index in [0.717, 1.165) is 15.4 Å². The predicted octanol–water partition coefficient (Wildman–Crippen LogP) is 6.27. The lowest BCUT2D eigenvalue weighted by Gasteiger charge is -2.34. The van der Waals surface area contributed by atoms with Crippen LogP contribution < -0.4 is 9.62 Å². The fraction of sp³-hybridized carbons (Fsp3) is 0.212. The third-order valence-corrected chi connectivity index (χ3v) is 9.28. The Morgan fingerprint density at radius 3 is 2.09 bits per heavy atom. The Kier molecular flexibility index (Phi) is 10.9. The molecule has 0 radical (unpaired) electrons. The van der Waals surface area contributed by atoms with Crippen molar-refractivity contribution >= 4 is 50.7 Å². The number of benzene rings is 4. The summed E-state index contributed by atoms with van der Waals surface area (Å²) in [4.78, 5) is 29.3. The number of halogens is 2. The number of aryl methyl sites for hydroxylation is 1. The van der Waals surface area contributed by atoms with Gasteiger partial charge in [-0.3, -0.25) is 13.9 Å². The number of hydrogen-bond acceptors (Lipinski definition) is 4. The number of nitrogens with one attached hydrogen (secondary N) is 1. The molecule has 43 heavy (non-hydrogen) atoms. The molecule has 1 N–H and O–H groups in total. The molecule has 0 bridgehead atoms. The molecule has 4 aromatic carbocycles. The molecule has 0 aromatic heterocycles. The number of rotatable bonds is 12. The molecular formula is C33H33Cl2N3O4S. The van der Waals surface area contributed by atoms with Gasteiger partial charge in [-0.1, -0.05) is 95.5 Å². The summed E-state index contributed by atoms with van der Waals surface area (Å²) in [5.74, 6) is -0.935. The number of nitrogens with zero attached hydrogens (tertiary/aromatic N) is 2. The van der Waals surface area contributed by atoms with Gasteiger partial charge in [-0.2, -0.15) is 0 Å². The number of sulfonamides is 1. The van der Waals surface area contributed by atoms with Gasteiger partial charge in [0.2, 0.25) is 11.8 Å². The van der Waals surface area contributed by atoms with E-state index in [1.54, 1.807) is 67.6 Å². The Hall–Kier alpha value is -3.85. The van der Waals surface area contributed by atoms with Crippen LogP contribution in [0.2, 0.25) is 10.0 Å². The van der Waals surface area contributed by atoms with Crippen molar-refractivity contribution in [3.05, 3.63) is 130 Å². The molecule has 4 rings (SSSR count). The molecule has 2 amide bonds. The third-order valence-electron chi connectivity index (χ3n) is 6.91. The van der Waals surface area contributed by atoms with Crippen molar-refractivity contribution in [2.45, 2.75) is 37.8 Å². The highest BCUT2D eigenvalue weighted by Gasteiger charge is 2.34. The number of carbonyl (C=O) groups is 2. The fourth-order valence-corrected chi connectivity index (χ4v) is 6.52. The standard InChI is InChI=1S/C33H33Cl2N3O4S/c1-3-36-33(40)31(20-25-10-6-4-7-11-25)37(22-26-16-17-27(34)21-30(26)35)32(39)23-38(28-12-8-5-9-13-28)43(41,42)29-18-14-24(2)15-19-29/h4-19,21,31H,3,20,22-23H2,1-2H3,(H,36,40). The second kappa shape index (κ2) is 14.6. The first-order valence-corrected chi connectivity index (χ1v) is 16.0. The van der Waals surface area contributed by atoms with E-state index in [9.17, 15) is 18.0 Å². The molecule has 1 unspecified atom stereocenters. The summed E-state index contributed by atoms with van der Waals surface area (Å²) in [5, 5.41) is 3.59. The third kappa shape index (κ3) is 8.16. The molecule has 0 heterocycles. The Bertz CT molecular complexity index is 1650. The Morgan fingerprint density at radius 1 is 0.860 bits per heavy atom. The van der Waals surface area contributed by atoms with Gasteiger partial charge in [0.25, 0.3) is 10.0 Å². The molecule has 0 saturated carbocycles. The van der Waals surface area contributed by atoms with Crippen molar-refractivity contribution in [1.82, 2.24) is 10.2 Å². The fourth-order valence-electron chi connectivity index (χ4n) is 4.64. The van der Waals surface area contributed by atoms with Gasteiger partial charge in [0.15, 0.2) is 0 Å². The minimum absolute atomic E-state index is 0.0450. The molecule has 4 aromatic rings. The lowest BCUT2D eigenvalue weighted by atomic mass is 10.0. The van der Waals surface area contributed by atoms with E-state index in [-0.39, 0.29) is 23.8 Å². The zero-order valence-electron chi connectivity index (χ0n) is 23.9. The van der Waals surface area contributed by atoms with Crippen LogP contribution in [0.25, 0.3) is 0 Å². The lowest BCUT2D eigenvalue weighted by Crippen LogP contribution is -2.53. The van der Waals surface area contributed by atoms with Gasteiger partial charge in [0.05, 0.1) is 10.6 Å². The first kappa shape index (κ1) is 32.1. The maximum Gasteiger partial charge on any atom is 0.264 e. The van der Waals surface area contributed by atoms with Gasteiger partial charge in [-0.25, -0.2) is 8.42 Å². The highest BCUT2D eigenvalue weighted by molar-refractivity contribution is 7.92. The molecule has 0 aliphatic rings. The zero-order chi connectivity index (χ0) is 31.0. The maximum atomic E-state index is 14.4. The quantitative estimate of drug-likeness (QED) is 0.198. The van der Waals surface area contributed by atoms with Crippen molar-refractivity contribution in [2.24, 2.45) is 0 Å². The van der Waals surface area contributed by atoms with Crippen LogP contribution in [0.15, 0.2) is 108 Å². The van der Waals surface area contributed by atoms with Crippen LogP contribution in [0, 0.1) is 6.92 Å². The molecule has 7 nitrogen and oxygen atoms in total. The maximum absolute atomic E-state index is 14.4. The number of amides is 2. The van der Waals surface area contributed by atoms with Crippen LogP contribution in [-0.4, -0.2) is 44.3 Å². The van der Waals surface area contributed by atoms with Gasteiger partial charge in [-0.05, 0) is 61.4 Å². The number of anilines is 1. The average molecular weight is 639 g/mol. The monoisotopic (exact) mass is 637 g/mol. The second-order valence-electron chi connectivity index (χ2n) is 10.0. The first-order valence-electron chi connectivity index (χ1n) is 13.8. The van der Waals surface area contributed by atoms with Crippen molar-refractivity contribution < 1.29 is 18.0 Å². The van der Waals surface area contributed by atoms with E-state index in [1.807, 2.05) is 37.3 Å². The summed E-state index contributed by atoms with van der Waals surface area (Å²) >= 11 is 12.7. The summed E-state index contributed by atoms with van der Waals surface area (Å²) in [5.41, 5.74) is 2.62. The molecule has 0 spiro atoms. The minimum Gasteiger partial charge on any atom is -0.355 e. The summed E-state index contributed by atoms with van der Waals surface area (Å²) in [7, 11) is -4.16. The number of hydrogen-bond donors (Lipinski definition) is 1. The summed E-state index contributed by atoms with van der Waals surface area (Å²) in [6.45, 7) is 3.42. The lowest BCUT2D eigenvalue weighted by molar-refractivity contribution is -0.140. The van der Waals surface area contributed by atoms with E-state index in [2.05, 4.69) is 5.32 Å². The van der Waals surface area contributed by atoms with Crippen LogP contribution in [0.1, 0.15) is 23.6 Å². The predicted molar refractivity (Wildman–Crippen MR) is 172 cm³/mol. The van der Waals surface area contributed by atoms with Gasteiger partial charge < -0.3 is 10.2 Å². The largest absolute Gasteiger partial charge is 0.355 e. The van der Waals surface area contributed by atoms with E-state index in [0.29, 0.717) is 27.8 Å². The Balaban J connectivity index is 1.79. The Labute approximate surface area is 263 Å². The molecule has 0 saturated heterocycles. The van der Waals surface area contributed by atoms with Crippen LogP contribution in [-0.2, 0) is 32.6 Å². The van der Waals surface area contributed by atoms with Crippen molar-refractivity contribution in [1.29, 1.82) is 0 Å². The molecule has 10 heteroatoms. The molecule has 224 valence electrons. The molecular weight excluding hydrogens is 605 g/mol. The SMILES string of the molecule is CCNC(=O)C(Cc1ccccc1)N(Cc1ccc(Cl)cc1Cl)C(=O)CN(c1ccccc1)S(=O)(=O)c1ccc(C)cc1. The summed E-state index contributed by atoms with van der Waals surface area (Å²) in [6.07, 6.45) is 0.208. The van der Waals surface area contributed by atoms with Gasteiger partial charge in [0.1, 0.15) is 12.6 Å². The normalized spacial score (nSPS) is 11.9. The number of likely N-dealkylation sites (N-methyl/N-ethyl adjacent to an activating group) is 1. The van der Waals surface area contributed by atoms with Crippen molar-refractivity contribution in [2.75, 3.05) is 17.4 Å². The smallest absolute Gasteiger partial charge is 0.264 e. The highest BCUT2D eigenvalue weighted by atomic mass is 35.5. The van der Waals surface area contributed by atoms with E-state index < -0.39 is 28.5 Å². The molecule has 1 atom stereocenters. The zero-order valence-corrected chi connectivity index (χ0v) is 26.2. The molecule has 0 aliphatic heterocycles. The number of carbonyl (C=O) groups excluding carboxylic acids is 2. The second-order valence-corrected chi connectivity index (χ2v) is 12.7. The molecule has 0 fully saturated rings. The van der Waals surface area contributed by atoms with Crippen molar-refractivity contribution in [3.63, 3.8) is 0 Å². The topological polar surface area (TPSA) is 86.8 Å². The van der Waals surface area contributed by atoms with E-state index in [1.165, 1.54) is 17.0 Å². The van der Waals surface area contributed by atoms with Crippen LogP contribution in [0.4, 0.5) is 5.69 Å². The first-order chi connectivity index (χ1) is 20.6. The van der Waals surface area contributed by atoms with Gasteiger partial charge >= 0.3 is 0 Å². The van der Waals surface area contributed by atoms with E-state index in [4.69, 9.17) is 23.2 Å². The van der Waals surface area contributed by atoms with E-state index >= 15 is 0 Å². The Morgan fingerprint density at radius 2 is 1.49 bits per heavy atom. The molecule has 0 aliphatic carbocycles. The van der Waals surface area contributed by atoms with Crippen LogP contribution >= 0.6 is 23.2 Å². The highest BCUT2D eigenvalue weighted by Crippen LogP contribution is 2.27.